The summed E-state index contributed by atoms with van der Waals surface area (Å²) in [4.78, 5) is 5.41. The lowest BCUT2D eigenvalue weighted by Gasteiger charge is -2.05. The van der Waals surface area contributed by atoms with Gasteiger partial charge < -0.3 is 5.73 Å². The number of fused-ring (bicyclic) bond motifs is 1. The van der Waals surface area contributed by atoms with Crippen molar-refractivity contribution in [3.8, 4) is 11.3 Å². The average molecular weight is 257 g/mol. The van der Waals surface area contributed by atoms with Gasteiger partial charge in [-0.1, -0.05) is 12.1 Å². The Hall–Kier alpha value is -1.81. The third-order valence-electron chi connectivity index (χ3n) is 3.39. The molecule has 3 aromatic rings. The number of nitrogen functional groups attached to an aromatic ring is 1. The minimum Gasteiger partial charge on any atom is -0.383 e. The standard InChI is InChI=1S/C14H15N3S/c1-8-4-5-11(6-9(8)2)12-7-18-14-16-10(3)13(15)17(12)14/h4-7H,15H2,1-3H3. The minimum absolute atomic E-state index is 0.736. The number of benzene rings is 1. The Labute approximate surface area is 110 Å². The smallest absolute Gasteiger partial charge is 0.196 e. The van der Waals surface area contributed by atoms with Gasteiger partial charge in [-0.2, -0.15) is 0 Å². The van der Waals surface area contributed by atoms with Crippen LogP contribution >= 0.6 is 11.3 Å². The van der Waals surface area contributed by atoms with Crippen LogP contribution in [0.1, 0.15) is 16.8 Å². The predicted octanol–water partition coefficient (Wildman–Crippen LogP) is 3.57. The van der Waals surface area contributed by atoms with E-state index in [1.54, 1.807) is 11.3 Å². The summed E-state index contributed by atoms with van der Waals surface area (Å²) < 4.78 is 2.03. The fourth-order valence-electron chi connectivity index (χ4n) is 2.09. The second kappa shape index (κ2) is 3.85. The molecule has 4 heteroatoms. The lowest BCUT2D eigenvalue weighted by atomic mass is 10.0. The van der Waals surface area contributed by atoms with E-state index in [2.05, 4.69) is 42.4 Å². The Morgan fingerprint density at radius 2 is 1.94 bits per heavy atom. The molecule has 0 aliphatic heterocycles. The average Bonchev–Trinajstić information content (AvgIpc) is 2.85. The number of anilines is 1. The van der Waals surface area contributed by atoms with E-state index >= 15 is 0 Å². The lowest BCUT2D eigenvalue weighted by Crippen LogP contribution is -1.95. The van der Waals surface area contributed by atoms with E-state index in [9.17, 15) is 0 Å². The first kappa shape index (κ1) is 11.3. The molecule has 3 rings (SSSR count). The Morgan fingerprint density at radius 1 is 1.17 bits per heavy atom. The van der Waals surface area contributed by atoms with E-state index < -0.39 is 0 Å². The Kier molecular flexibility index (Phi) is 2.41. The quantitative estimate of drug-likeness (QED) is 0.724. The molecule has 0 radical (unpaired) electrons. The van der Waals surface area contributed by atoms with Crippen molar-refractivity contribution in [3.63, 3.8) is 0 Å². The van der Waals surface area contributed by atoms with Gasteiger partial charge in [0.2, 0.25) is 0 Å². The summed E-state index contributed by atoms with van der Waals surface area (Å²) in [5.41, 5.74) is 11.9. The Morgan fingerprint density at radius 3 is 2.67 bits per heavy atom. The van der Waals surface area contributed by atoms with Crippen LogP contribution < -0.4 is 5.73 Å². The molecule has 0 spiro atoms. The van der Waals surface area contributed by atoms with Crippen LogP contribution in [-0.2, 0) is 0 Å². The molecule has 0 bridgehead atoms. The number of aryl methyl sites for hydroxylation is 3. The van der Waals surface area contributed by atoms with E-state index in [0.29, 0.717) is 0 Å². The summed E-state index contributed by atoms with van der Waals surface area (Å²) in [5, 5.41) is 2.11. The summed E-state index contributed by atoms with van der Waals surface area (Å²) in [5.74, 6) is 0.736. The number of rotatable bonds is 1. The first-order valence-electron chi connectivity index (χ1n) is 5.87. The van der Waals surface area contributed by atoms with Crippen LogP contribution in [0.3, 0.4) is 0 Å². The Balaban J connectivity index is 2.27. The molecule has 0 fully saturated rings. The van der Waals surface area contributed by atoms with Crippen molar-refractivity contribution in [1.82, 2.24) is 9.38 Å². The maximum Gasteiger partial charge on any atom is 0.196 e. The van der Waals surface area contributed by atoms with Crippen LogP contribution in [0.2, 0.25) is 0 Å². The monoisotopic (exact) mass is 257 g/mol. The highest BCUT2D eigenvalue weighted by Gasteiger charge is 2.13. The number of hydrogen-bond acceptors (Lipinski definition) is 3. The van der Waals surface area contributed by atoms with Crippen molar-refractivity contribution in [3.05, 3.63) is 40.4 Å². The molecule has 0 amide bonds. The zero-order valence-electron chi connectivity index (χ0n) is 10.7. The second-order valence-electron chi connectivity index (χ2n) is 4.62. The van der Waals surface area contributed by atoms with Crippen LogP contribution in [0.25, 0.3) is 16.2 Å². The van der Waals surface area contributed by atoms with Gasteiger partial charge >= 0.3 is 0 Å². The third-order valence-corrected chi connectivity index (χ3v) is 4.21. The SMILES string of the molecule is Cc1ccc(-c2csc3nc(C)c(N)n23)cc1C. The van der Waals surface area contributed by atoms with Gasteiger partial charge in [-0.3, -0.25) is 4.40 Å². The number of aromatic nitrogens is 2. The molecule has 92 valence electrons. The Bertz CT molecular complexity index is 737. The number of imidazole rings is 1. The molecule has 0 saturated carbocycles. The van der Waals surface area contributed by atoms with Crippen LogP contribution in [-0.4, -0.2) is 9.38 Å². The van der Waals surface area contributed by atoms with Crippen molar-refractivity contribution < 1.29 is 0 Å². The van der Waals surface area contributed by atoms with Gasteiger partial charge in [-0.05, 0) is 43.5 Å². The fraction of sp³-hybridized carbons (Fsp3) is 0.214. The highest BCUT2D eigenvalue weighted by molar-refractivity contribution is 7.15. The molecule has 1 aromatic carbocycles. The molecule has 2 aromatic heterocycles. The van der Waals surface area contributed by atoms with Crippen molar-refractivity contribution in [2.75, 3.05) is 5.73 Å². The van der Waals surface area contributed by atoms with E-state index in [1.165, 1.54) is 16.7 Å². The van der Waals surface area contributed by atoms with Crippen molar-refractivity contribution in [1.29, 1.82) is 0 Å². The first-order chi connectivity index (χ1) is 8.58. The van der Waals surface area contributed by atoms with E-state index in [4.69, 9.17) is 5.73 Å². The number of nitrogens with zero attached hydrogens (tertiary/aromatic N) is 2. The molecular formula is C14H15N3S. The van der Waals surface area contributed by atoms with Crippen molar-refractivity contribution >= 4 is 22.1 Å². The van der Waals surface area contributed by atoms with E-state index in [0.717, 1.165) is 22.2 Å². The van der Waals surface area contributed by atoms with Gasteiger partial charge in [-0.25, -0.2) is 4.98 Å². The van der Waals surface area contributed by atoms with Crippen LogP contribution in [0.4, 0.5) is 5.82 Å². The van der Waals surface area contributed by atoms with E-state index in [1.807, 2.05) is 11.3 Å². The van der Waals surface area contributed by atoms with Crippen molar-refractivity contribution in [2.24, 2.45) is 0 Å². The topological polar surface area (TPSA) is 43.3 Å². The first-order valence-corrected chi connectivity index (χ1v) is 6.75. The van der Waals surface area contributed by atoms with Gasteiger partial charge in [0.1, 0.15) is 5.82 Å². The minimum atomic E-state index is 0.736. The highest BCUT2D eigenvalue weighted by Crippen LogP contribution is 2.30. The summed E-state index contributed by atoms with van der Waals surface area (Å²) in [6, 6.07) is 6.48. The number of thiazole rings is 1. The summed E-state index contributed by atoms with van der Waals surface area (Å²) in [6.07, 6.45) is 0. The molecule has 0 aliphatic rings. The molecule has 0 atom stereocenters. The number of hydrogen-bond donors (Lipinski definition) is 1. The zero-order valence-corrected chi connectivity index (χ0v) is 11.5. The third kappa shape index (κ3) is 1.53. The summed E-state index contributed by atoms with van der Waals surface area (Å²) in [7, 11) is 0. The van der Waals surface area contributed by atoms with Gasteiger partial charge in [0, 0.05) is 5.38 Å². The van der Waals surface area contributed by atoms with Crippen molar-refractivity contribution in [2.45, 2.75) is 20.8 Å². The predicted molar refractivity (Wildman–Crippen MR) is 77.1 cm³/mol. The molecule has 0 unspecified atom stereocenters. The second-order valence-corrected chi connectivity index (χ2v) is 5.46. The molecule has 2 N–H and O–H groups in total. The summed E-state index contributed by atoms with van der Waals surface area (Å²) >= 11 is 1.63. The maximum absolute atomic E-state index is 6.10. The van der Waals surface area contributed by atoms with Crippen LogP contribution in [0, 0.1) is 20.8 Å². The molecule has 0 aliphatic carbocycles. The van der Waals surface area contributed by atoms with Crippen LogP contribution in [0.5, 0.6) is 0 Å². The van der Waals surface area contributed by atoms with Gasteiger partial charge in [0.15, 0.2) is 4.96 Å². The van der Waals surface area contributed by atoms with E-state index in [-0.39, 0.29) is 0 Å². The summed E-state index contributed by atoms with van der Waals surface area (Å²) in [6.45, 7) is 6.20. The fourth-order valence-corrected chi connectivity index (χ4v) is 3.04. The van der Waals surface area contributed by atoms with Gasteiger partial charge in [-0.15, -0.1) is 11.3 Å². The lowest BCUT2D eigenvalue weighted by molar-refractivity contribution is 1.23. The van der Waals surface area contributed by atoms with Gasteiger partial charge in [0.25, 0.3) is 0 Å². The molecule has 3 nitrogen and oxygen atoms in total. The zero-order chi connectivity index (χ0) is 12.9. The molecular weight excluding hydrogens is 242 g/mol. The maximum atomic E-state index is 6.10. The normalized spacial score (nSPS) is 11.3. The number of nitrogens with two attached hydrogens (primary N) is 1. The largest absolute Gasteiger partial charge is 0.383 e. The molecule has 2 heterocycles. The highest BCUT2D eigenvalue weighted by atomic mass is 32.1. The van der Waals surface area contributed by atoms with Crippen LogP contribution in [0.15, 0.2) is 23.6 Å². The van der Waals surface area contributed by atoms with Gasteiger partial charge in [0.05, 0.1) is 11.4 Å². The molecule has 18 heavy (non-hydrogen) atoms. The molecule has 0 saturated heterocycles.